The van der Waals surface area contributed by atoms with Crippen LogP contribution in [0.2, 0.25) is 0 Å². The summed E-state index contributed by atoms with van der Waals surface area (Å²) in [5.41, 5.74) is 1.44. The van der Waals surface area contributed by atoms with E-state index in [9.17, 15) is 4.79 Å². The van der Waals surface area contributed by atoms with Crippen LogP contribution in [0.15, 0.2) is 31.9 Å². The summed E-state index contributed by atoms with van der Waals surface area (Å²) in [7, 11) is 0. The predicted octanol–water partition coefficient (Wildman–Crippen LogP) is 2.71. The Morgan fingerprint density at radius 2 is 2.24 bits per heavy atom. The van der Waals surface area contributed by atoms with Gasteiger partial charge in [0.1, 0.15) is 16.9 Å². The van der Waals surface area contributed by atoms with E-state index in [2.05, 4.69) is 30.7 Å². The first-order chi connectivity index (χ1) is 12.2. The molecule has 0 aliphatic carbocycles. The van der Waals surface area contributed by atoms with Gasteiger partial charge in [0.15, 0.2) is 0 Å². The zero-order valence-electron chi connectivity index (χ0n) is 13.8. The summed E-state index contributed by atoms with van der Waals surface area (Å²) < 4.78 is 6.64. The zero-order chi connectivity index (χ0) is 17.0. The molecule has 0 unspecified atom stereocenters. The molecule has 0 saturated carbocycles. The highest BCUT2D eigenvalue weighted by atomic mass is 79.9. The lowest BCUT2D eigenvalue weighted by molar-refractivity contribution is 0.0974. The number of hydrogen-bond acceptors (Lipinski definition) is 5. The van der Waals surface area contributed by atoms with Crippen molar-refractivity contribution in [3.63, 3.8) is 0 Å². The quantitative estimate of drug-likeness (QED) is 0.713. The van der Waals surface area contributed by atoms with Crippen LogP contribution in [-0.4, -0.2) is 52.0 Å². The molecule has 1 N–H and O–H groups in total. The number of fused-ring (bicyclic) bond motifs is 4. The third-order valence-corrected chi connectivity index (χ3v) is 5.87. The van der Waals surface area contributed by atoms with Gasteiger partial charge in [0.05, 0.1) is 6.54 Å². The number of nitrogens with one attached hydrogen (secondary N) is 1. The maximum Gasteiger partial charge on any atom is 0.294 e. The fourth-order valence-corrected chi connectivity index (χ4v) is 4.52. The van der Waals surface area contributed by atoms with Gasteiger partial charge >= 0.3 is 0 Å². The average molecular weight is 403 g/mol. The van der Waals surface area contributed by atoms with Gasteiger partial charge in [-0.1, -0.05) is 15.9 Å². The summed E-state index contributed by atoms with van der Waals surface area (Å²) in [6.45, 7) is 5.10. The zero-order valence-corrected chi connectivity index (χ0v) is 15.4. The summed E-state index contributed by atoms with van der Waals surface area (Å²) in [5.74, 6) is 0.714. The maximum atomic E-state index is 12.5. The lowest BCUT2D eigenvalue weighted by Gasteiger charge is -2.37. The lowest BCUT2D eigenvalue weighted by atomic mass is 10.1. The summed E-state index contributed by atoms with van der Waals surface area (Å²) in [4.78, 5) is 25.1. The third-order valence-electron chi connectivity index (χ3n) is 5.38. The summed E-state index contributed by atoms with van der Waals surface area (Å²) in [5, 5.41) is 0.873. The SMILES string of the molecule is O=c1[nH]c(CN2CCN3CCC[C@H]3C2)nc2c1oc1ccc(Br)cc12. The largest absolute Gasteiger partial charge is 0.449 e. The summed E-state index contributed by atoms with van der Waals surface area (Å²) in [6.07, 6.45) is 2.58. The molecule has 25 heavy (non-hydrogen) atoms. The highest BCUT2D eigenvalue weighted by Gasteiger charge is 2.30. The first-order valence-electron chi connectivity index (χ1n) is 8.75. The van der Waals surface area contributed by atoms with Crippen LogP contribution in [0.5, 0.6) is 0 Å². The molecule has 2 aromatic heterocycles. The van der Waals surface area contributed by atoms with Gasteiger partial charge in [-0.2, -0.15) is 0 Å². The van der Waals surface area contributed by atoms with Crippen molar-refractivity contribution in [3.05, 3.63) is 38.9 Å². The number of halogens is 1. The fourth-order valence-electron chi connectivity index (χ4n) is 4.16. The highest BCUT2D eigenvalue weighted by molar-refractivity contribution is 9.10. The van der Waals surface area contributed by atoms with Crippen molar-refractivity contribution < 1.29 is 4.42 Å². The van der Waals surface area contributed by atoms with E-state index in [0.29, 0.717) is 35.1 Å². The van der Waals surface area contributed by atoms with E-state index in [1.54, 1.807) is 0 Å². The number of benzene rings is 1. The maximum absolute atomic E-state index is 12.5. The molecule has 0 bridgehead atoms. The van der Waals surface area contributed by atoms with Gasteiger partial charge in [-0.3, -0.25) is 14.6 Å². The van der Waals surface area contributed by atoms with Crippen molar-refractivity contribution in [2.75, 3.05) is 26.2 Å². The van der Waals surface area contributed by atoms with Gasteiger partial charge < -0.3 is 9.40 Å². The van der Waals surface area contributed by atoms with Gasteiger partial charge in [-0.25, -0.2) is 4.98 Å². The van der Waals surface area contributed by atoms with Gasteiger partial charge in [0.25, 0.3) is 5.56 Å². The molecule has 2 saturated heterocycles. The minimum atomic E-state index is -0.202. The number of rotatable bonds is 2. The molecule has 0 spiro atoms. The first-order valence-corrected chi connectivity index (χ1v) is 9.54. The number of aromatic amines is 1. The molecule has 1 atom stereocenters. The molecular formula is C18H19BrN4O2. The molecule has 5 rings (SSSR count). The average Bonchev–Trinajstić information content (AvgIpc) is 3.19. The molecule has 0 amide bonds. The minimum Gasteiger partial charge on any atom is -0.449 e. The first kappa shape index (κ1) is 15.5. The second-order valence-electron chi connectivity index (χ2n) is 7.00. The number of H-pyrrole nitrogens is 1. The van der Waals surface area contributed by atoms with Crippen molar-refractivity contribution >= 4 is 38.0 Å². The Morgan fingerprint density at radius 1 is 1.32 bits per heavy atom. The van der Waals surface area contributed by atoms with Crippen LogP contribution in [0, 0.1) is 0 Å². The van der Waals surface area contributed by atoms with E-state index >= 15 is 0 Å². The lowest BCUT2D eigenvalue weighted by Crippen LogP contribution is -2.49. The van der Waals surface area contributed by atoms with Crippen molar-refractivity contribution in [3.8, 4) is 0 Å². The minimum absolute atomic E-state index is 0.202. The van der Waals surface area contributed by atoms with Crippen molar-refractivity contribution in [1.29, 1.82) is 0 Å². The number of nitrogens with zero attached hydrogens (tertiary/aromatic N) is 3. The van der Waals surface area contributed by atoms with Crippen LogP contribution >= 0.6 is 15.9 Å². The number of aromatic nitrogens is 2. The van der Waals surface area contributed by atoms with Crippen molar-refractivity contribution in [2.24, 2.45) is 0 Å². The smallest absolute Gasteiger partial charge is 0.294 e. The standard InChI is InChI=1S/C18H19BrN4O2/c19-11-3-4-14-13(8-11)16-17(25-14)18(24)21-15(20-16)10-22-6-7-23-5-1-2-12(23)9-22/h3-4,8,12H,1-2,5-7,9-10H2,(H,20,21,24)/t12-/m0/s1. The van der Waals surface area contributed by atoms with Gasteiger partial charge in [0, 0.05) is 35.5 Å². The molecule has 3 aromatic rings. The Kier molecular flexibility index (Phi) is 3.69. The Labute approximate surface area is 152 Å². The monoisotopic (exact) mass is 402 g/mol. The van der Waals surface area contributed by atoms with Crippen LogP contribution in [0.25, 0.3) is 22.1 Å². The van der Waals surface area contributed by atoms with Crippen LogP contribution in [0.3, 0.4) is 0 Å². The molecule has 6 nitrogen and oxygen atoms in total. The van der Waals surface area contributed by atoms with E-state index in [4.69, 9.17) is 9.40 Å². The summed E-state index contributed by atoms with van der Waals surface area (Å²) in [6, 6.07) is 6.38. The van der Waals surface area contributed by atoms with Gasteiger partial charge in [0.2, 0.25) is 5.58 Å². The molecule has 0 radical (unpaired) electrons. The highest BCUT2D eigenvalue weighted by Crippen LogP contribution is 2.28. The Hall–Kier alpha value is -1.70. The number of furan rings is 1. The van der Waals surface area contributed by atoms with E-state index in [1.165, 1.54) is 19.4 Å². The van der Waals surface area contributed by atoms with Crippen LogP contribution in [0.4, 0.5) is 0 Å². The normalized spacial score (nSPS) is 22.0. The Balaban J connectivity index is 1.50. The van der Waals surface area contributed by atoms with Gasteiger partial charge in [-0.05, 0) is 37.6 Å². The summed E-state index contributed by atoms with van der Waals surface area (Å²) >= 11 is 3.48. The van der Waals surface area contributed by atoms with E-state index in [1.807, 2.05) is 18.2 Å². The fraction of sp³-hybridized carbons (Fsp3) is 0.444. The molecule has 1 aromatic carbocycles. The van der Waals surface area contributed by atoms with Crippen molar-refractivity contribution in [1.82, 2.24) is 19.8 Å². The Bertz CT molecular complexity index is 1010. The van der Waals surface area contributed by atoms with E-state index in [-0.39, 0.29) is 5.56 Å². The molecule has 2 aliphatic heterocycles. The molecule has 130 valence electrons. The predicted molar refractivity (Wildman–Crippen MR) is 99.7 cm³/mol. The van der Waals surface area contributed by atoms with Crippen LogP contribution in [0.1, 0.15) is 18.7 Å². The topological polar surface area (TPSA) is 65.4 Å². The molecule has 4 heterocycles. The van der Waals surface area contributed by atoms with E-state index in [0.717, 1.165) is 29.5 Å². The van der Waals surface area contributed by atoms with Crippen LogP contribution in [-0.2, 0) is 6.54 Å². The molecule has 2 fully saturated rings. The molecule has 7 heteroatoms. The van der Waals surface area contributed by atoms with Crippen LogP contribution < -0.4 is 5.56 Å². The Morgan fingerprint density at radius 3 is 3.16 bits per heavy atom. The third kappa shape index (κ3) is 2.70. The molecular weight excluding hydrogens is 384 g/mol. The van der Waals surface area contributed by atoms with Crippen molar-refractivity contribution in [2.45, 2.75) is 25.4 Å². The van der Waals surface area contributed by atoms with E-state index < -0.39 is 0 Å². The second kappa shape index (κ2) is 5.93. The molecule has 2 aliphatic rings. The number of piperazine rings is 1. The number of hydrogen-bond donors (Lipinski definition) is 1. The van der Waals surface area contributed by atoms with Gasteiger partial charge in [-0.15, -0.1) is 0 Å². The second-order valence-corrected chi connectivity index (χ2v) is 7.92.